The lowest BCUT2D eigenvalue weighted by molar-refractivity contribution is -0.145. The van der Waals surface area contributed by atoms with Crippen LogP contribution in [-0.4, -0.2) is 26.3 Å². The summed E-state index contributed by atoms with van der Waals surface area (Å²) in [5.41, 5.74) is 6.23. The second-order valence-corrected chi connectivity index (χ2v) is 11.0. The number of thiophene rings is 1. The Morgan fingerprint density at radius 1 is 1.10 bits per heavy atom. The number of rotatable bonds is 6. The first-order valence-corrected chi connectivity index (χ1v) is 12.6. The molecule has 1 aromatic carbocycles. The lowest BCUT2D eigenvalue weighted by Crippen LogP contribution is -2.62. The lowest BCUT2D eigenvalue weighted by Gasteiger charge is -2.58. The standard InChI is InChI=1S/C22H25N3O4S2/c23-21(27)22-10-13-7-15(11-22)19(16(8-13)12-22)24-20(26)14-3-1-4-17(9-14)25(31(28)29)18-5-2-6-30-18/h1-6,9,13,15-16,19,31H,7-8,10-12H2,(H2,23,27)(H,24,26). The number of thiol groups is 1. The van der Waals surface area contributed by atoms with Crippen LogP contribution in [0.4, 0.5) is 10.7 Å². The molecule has 3 N–H and O–H groups in total. The molecule has 2 atom stereocenters. The van der Waals surface area contributed by atoms with Crippen LogP contribution in [0.25, 0.3) is 0 Å². The number of primary amides is 1. The van der Waals surface area contributed by atoms with E-state index in [0.717, 1.165) is 32.1 Å². The lowest BCUT2D eigenvalue weighted by atomic mass is 9.47. The largest absolute Gasteiger partial charge is 0.369 e. The van der Waals surface area contributed by atoms with Gasteiger partial charge >= 0.3 is 0 Å². The zero-order valence-electron chi connectivity index (χ0n) is 16.9. The molecule has 4 bridgehead atoms. The second-order valence-electron chi connectivity index (χ2n) is 9.17. The minimum atomic E-state index is -2.89. The van der Waals surface area contributed by atoms with Crippen LogP contribution in [-0.2, 0) is 15.7 Å². The highest BCUT2D eigenvalue weighted by atomic mass is 32.2. The first-order valence-electron chi connectivity index (χ1n) is 10.5. The van der Waals surface area contributed by atoms with Gasteiger partial charge in [0.15, 0.2) is 0 Å². The van der Waals surface area contributed by atoms with E-state index in [2.05, 4.69) is 5.32 Å². The number of benzene rings is 1. The first kappa shape index (κ1) is 20.5. The first-order chi connectivity index (χ1) is 14.9. The molecule has 164 valence electrons. The molecule has 4 saturated carbocycles. The van der Waals surface area contributed by atoms with Crippen LogP contribution in [0.3, 0.4) is 0 Å². The highest BCUT2D eigenvalue weighted by molar-refractivity contribution is 7.74. The second kappa shape index (κ2) is 7.63. The average molecular weight is 460 g/mol. The molecular formula is C22H25N3O4S2. The third kappa shape index (κ3) is 3.53. The van der Waals surface area contributed by atoms with Gasteiger partial charge in [-0.25, -0.2) is 12.7 Å². The number of nitrogens with two attached hydrogens (primary N) is 1. The van der Waals surface area contributed by atoms with E-state index >= 15 is 0 Å². The number of carbonyl (C=O) groups excluding carboxylic acids is 2. The highest BCUT2D eigenvalue weighted by Crippen LogP contribution is 2.59. The molecule has 0 aliphatic heterocycles. The molecule has 2 amide bonds. The number of amides is 2. The molecule has 4 fully saturated rings. The zero-order valence-corrected chi connectivity index (χ0v) is 18.6. The van der Waals surface area contributed by atoms with Gasteiger partial charge in [-0.1, -0.05) is 6.07 Å². The molecule has 0 radical (unpaired) electrons. The van der Waals surface area contributed by atoms with Crippen molar-refractivity contribution in [3.8, 4) is 0 Å². The van der Waals surface area contributed by atoms with Crippen LogP contribution >= 0.6 is 11.3 Å². The van der Waals surface area contributed by atoms with Gasteiger partial charge in [0.05, 0.1) is 5.69 Å². The molecule has 1 heterocycles. The topological polar surface area (TPSA) is 110 Å². The van der Waals surface area contributed by atoms with Crippen molar-refractivity contribution in [2.45, 2.75) is 38.1 Å². The van der Waals surface area contributed by atoms with Crippen LogP contribution in [0.15, 0.2) is 41.8 Å². The Balaban J connectivity index is 1.36. The predicted molar refractivity (Wildman–Crippen MR) is 120 cm³/mol. The van der Waals surface area contributed by atoms with Crippen molar-refractivity contribution in [2.24, 2.45) is 28.9 Å². The highest BCUT2D eigenvalue weighted by Gasteiger charge is 2.58. The maximum absolute atomic E-state index is 13.1. The number of carbonyl (C=O) groups is 2. The van der Waals surface area contributed by atoms with Crippen molar-refractivity contribution in [1.82, 2.24) is 5.32 Å². The van der Waals surface area contributed by atoms with E-state index in [-0.39, 0.29) is 29.7 Å². The van der Waals surface area contributed by atoms with Gasteiger partial charge in [-0.15, -0.1) is 11.3 Å². The summed E-state index contributed by atoms with van der Waals surface area (Å²) in [4.78, 5) is 25.3. The average Bonchev–Trinajstić information content (AvgIpc) is 3.24. The fraction of sp³-hybridized carbons (Fsp3) is 0.455. The van der Waals surface area contributed by atoms with Crippen LogP contribution in [0, 0.1) is 23.2 Å². The van der Waals surface area contributed by atoms with Gasteiger partial charge in [0.1, 0.15) is 5.00 Å². The zero-order chi connectivity index (χ0) is 21.8. The van der Waals surface area contributed by atoms with E-state index in [0.29, 0.717) is 22.2 Å². The Kier molecular flexibility index (Phi) is 5.05. The van der Waals surface area contributed by atoms with E-state index in [1.807, 2.05) is 5.38 Å². The molecule has 6 rings (SSSR count). The van der Waals surface area contributed by atoms with Crippen molar-refractivity contribution in [1.29, 1.82) is 0 Å². The van der Waals surface area contributed by atoms with Crippen molar-refractivity contribution in [3.63, 3.8) is 0 Å². The van der Waals surface area contributed by atoms with Gasteiger partial charge in [0.25, 0.3) is 5.91 Å². The number of nitrogens with one attached hydrogen (secondary N) is 1. The van der Waals surface area contributed by atoms with Crippen molar-refractivity contribution >= 4 is 44.7 Å². The fourth-order valence-electron chi connectivity index (χ4n) is 6.27. The number of hydrogen-bond acceptors (Lipinski definition) is 5. The molecule has 2 aromatic rings. The maximum Gasteiger partial charge on any atom is 0.251 e. The molecule has 0 saturated heterocycles. The predicted octanol–water partition coefficient (Wildman–Crippen LogP) is 2.82. The quantitative estimate of drug-likeness (QED) is 0.577. The Labute approximate surface area is 186 Å². The summed E-state index contributed by atoms with van der Waals surface area (Å²) < 4.78 is 25.0. The van der Waals surface area contributed by atoms with Crippen LogP contribution in [0.2, 0.25) is 0 Å². The Morgan fingerprint density at radius 2 is 1.84 bits per heavy atom. The van der Waals surface area contributed by atoms with E-state index in [4.69, 9.17) is 5.73 Å². The van der Waals surface area contributed by atoms with Crippen LogP contribution < -0.4 is 15.4 Å². The molecule has 9 heteroatoms. The molecule has 2 unspecified atom stereocenters. The molecule has 1 aromatic heterocycles. The minimum Gasteiger partial charge on any atom is -0.369 e. The normalized spacial score (nSPS) is 31.0. The van der Waals surface area contributed by atoms with Gasteiger partial charge in [-0.3, -0.25) is 9.59 Å². The molecule has 4 aliphatic rings. The molecule has 7 nitrogen and oxygen atoms in total. The summed E-state index contributed by atoms with van der Waals surface area (Å²) in [6.07, 6.45) is 4.45. The number of hydrogen-bond donors (Lipinski definition) is 3. The van der Waals surface area contributed by atoms with Gasteiger partial charge in [0.2, 0.25) is 16.8 Å². The Morgan fingerprint density at radius 3 is 2.45 bits per heavy atom. The molecule has 31 heavy (non-hydrogen) atoms. The van der Waals surface area contributed by atoms with E-state index in [9.17, 15) is 18.0 Å². The minimum absolute atomic E-state index is 0.0321. The van der Waals surface area contributed by atoms with Crippen molar-refractivity contribution < 1.29 is 18.0 Å². The van der Waals surface area contributed by atoms with Gasteiger partial charge < -0.3 is 11.1 Å². The maximum atomic E-state index is 13.1. The van der Waals surface area contributed by atoms with E-state index < -0.39 is 16.3 Å². The summed E-state index contributed by atoms with van der Waals surface area (Å²) in [6.45, 7) is 0. The van der Waals surface area contributed by atoms with Crippen molar-refractivity contribution in [3.05, 3.63) is 47.3 Å². The number of anilines is 2. The summed E-state index contributed by atoms with van der Waals surface area (Å²) in [5.74, 6) is 0.660. The van der Waals surface area contributed by atoms with Gasteiger partial charge in [0, 0.05) is 17.0 Å². The SMILES string of the molecule is NC(=O)C12CC3CC(C1)C(NC(=O)c1cccc(N(c4cccs4)[SH](=O)=O)c1)C(C3)C2. The van der Waals surface area contributed by atoms with Gasteiger partial charge in [-0.2, -0.15) is 0 Å². The fourth-order valence-corrected chi connectivity index (χ4v) is 7.81. The summed E-state index contributed by atoms with van der Waals surface area (Å²) >= 11 is 1.32. The molecular weight excluding hydrogens is 434 g/mol. The van der Waals surface area contributed by atoms with E-state index in [1.54, 1.807) is 36.4 Å². The van der Waals surface area contributed by atoms with Crippen LogP contribution in [0.5, 0.6) is 0 Å². The summed E-state index contributed by atoms with van der Waals surface area (Å²) in [7, 11) is -2.89. The summed E-state index contributed by atoms with van der Waals surface area (Å²) in [5, 5.41) is 5.59. The Bertz CT molecular complexity index is 1070. The van der Waals surface area contributed by atoms with Crippen LogP contribution in [0.1, 0.15) is 42.5 Å². The van der Waals surface area contributed by atoms with Crippen molar-refractivity contribution in [2.75, 3.05) is 4.31 Å². The third-order valence-electron chi connectivity index (χ3n) is 7.32. The third-order valence-corrected chi connectivity index (χ3v) is 9.09. The molecule has 4 aliphatic carbocycles. The molecule has 0 spiro atoms. The van der Waals surface area contributed by atoms with Gasteiger partial charge in [-0.05, 0) is 85.6 Å². The Hall–Kier alpha value is -2.39. The number of nitrogens with zero attached hydrogens (tertiary/aromatic N) is 1. The van der Waals surface area contributed by atoms with E-state index in [1.165, 1.54) is 15.6 Å². The summed E-state index contributed by atoms with van der Waals surface area (Å²) in [6, 6.07) is 10.2. The smallest absolute Gasteiger partial charge is 0.251 e. The monoisotopic (exact) mass is 459 g/mol.